The van der Waals surface area contributed by atoms with Crippen LogP contribution < -0.4 is 0 Å². The second kappa shape index (κ2) is 5.59. The Balaban J connectivity index is 1.86. The van der Waals surface area contributed by atoms with Gasteiger partial charge in [0, 0.05) is 16.2 Å². The van der Waals surface area contributed by atoms with E-state index in [1.807, 2.05) is 0 Å². The molecular weight excluding hydrogens is 312 g/mol. The van der Waals surface area contributed by atoms with Gasteiger partial charge in [-0.05, 0) is 59.6 Å². The van der Waals surface area contributed by atoms with Gasteiger partial charge in [0.15, 0.2) is 0 Å². The molecule has 0 heterocycles. The predicted molar refractivity (Wildman–Crippen MR) is 112 cm³/mol. The van der Waals surface area contributed by atoms with E-state index in [4.69, 9.17) is 0 Å². The molecule has 136 valence electrons. The molecule has 26 heavy (non-hydrogen) atoms. The number of benzene rings is 2. The van der Waals surface area contributed by atoms with E-state index >= 15 is 0 Å². The SMILES string of the molecule is CCc1ccc(C2(c3cc4c(cc3C)C(C)(C)C=CC4(C)C)CC2)cc1. The topological polar surface area (TPSA) is 0 Å². The molecule has 0 unspecified atom stereocenters. The largest absolute Gasteiger partial charge is 0.0776 e. The van der Waals surface area contributed by atoms with Gasteiger partial charge in [-0.2, -0.15) is 0 Å². The second-order valence-electron chi connectivity index (χ2n) is 9.62. The molecule has 0 spiro atoms. The number of allylic oxidation sites excluding steroid dienone is 2. The number of fused-ring (bicyclic) bond motifs is 1. The summed E-state index contributed by atoms with van der Waals surface area (Å²) in [6.45, 7) is 13.9. The number of hydrogen-bond donors (Lipinski definition) is 0. The summed E-state index contributed by atoms with van der Waals surface area (Å²) >= 11 is 0. The molecule has 1 fully saturated rings. The lowest BCUT2D eigenvalue weighted by molar-refractivity contribution is 0.560. The van der Waals surface area contributed by atoms with Crippen molar-refractivity contribution < 1.29 is 0 Å². The first kappa shape index (κ1) is 17.6. The van der Waals surface area contributed by atoms with E-state index in [0.717, 1.165) is 6.42 Å². The number of aryl methyl sites for hydroxylation is 2. The van der Waals surface area contributed by atoms with Crippen LogP contribution in [0.15, 0.2) is 48.6 Å². The molecule has 0 amide bonds. The van der Waals surface area contributed by atoms with Gasteiger partial charge in [-0.15, -0.1) is 0 Å². The highest BCUT2D eigenvalue weighted by Crippen LogP contribution is 2.56. The van der Waals surface area contributed by atoms with Crippen molar-refractivity contribution in [1.29, 1.82) is 0 Å². The third kappa shape index (κ3) is 2.57. The van der Waals surface area contributed by atoms with E-state index in [1.165, 1.54) is 40.7 Å². The molecule has 0 N–H and O–H groups in total. The zero-order valence-corrected chi connectivity index (χ0v) is 17.2. The van der Waals surface area contributed by atoms with Gasteiger partial charge < -0.3 is 0 Å². The fourth-order valence-electron chi connectivity index (χ4n) is 4.78. The smallest absolute Gasteiger partial charge is 0.0206 e. The quantitative estimate of drug-likeness (QED) is 0.539. The molecule has 2 aromatic carbocycles. The fraction of sp³-hybridized carbons (Fsp3) is 0.462. The maximum absolute atomic E-state index is 2.55. The van der Waals surface area contributed by atoms with Gasteiger partial charge in [0.25, 0.3) is 0 Å². The summed E-state index contributed by atoms with van der Waals surface area (Å²) in [5.74, 6) is 0. The van der Waals surface area contributed by atoms with Crippen molar-refractivity contribution in [2.24, 2.45) is 0 Å². The monoisotopic (exact) mass is 344 g/mol. The highest BCUT2D eigenvalue weighted by molar-refractivity contribution is 5.57. The van der Waals surface area contributed by atoms with Crippen LogP contribution in [0.1, 0.15) is 80.8 Å². The van der Waals surface area contributed by atoms with Gasteiger partial charge in [0.05, 0.1) is 0 Å². The highest BCUT2D eigenvalue weighted by Gasteiger charge is 2.47. The van der Waals surface area contributed by atoms with E-state index in [-0.39, 0.29) is 16.2 Å². The van der Waals surface area contributed by atoms with Crippen molar-refractivity contribution in [3.05, 3.63) is 81.9 Å². The Hall–Kier alpha value is -1.82. The van der Waals surface area contributed by atoms with Crippen molar-refractivity contribution in [2.45, 2.75) is 77.0 Å². The maximum Gasteiger partial charge on any atom is 0.0206 e. The van der Waals surface area contributed by atoms with Crippen LogP contribution in [0.5, 0.6) is 0 Å². The highest BCUT2D eigenvalue weighted by atomic mass is 14.5. The molecule has 2 aliphatic carbocycles. The molecule has 0 bridgehead atoms. The van der Waals surface area contributed by atoms with Gasteiger partial charge in [0.2, 0.25) is 0 Å². The molecule has 4 rings (SSSR count). The van der Waals surface area contributed by atoms with Gasteiger partial charge >= 0.3 is 0 Å². The predicted octanol–water partition coefficient (Wildman–Crippen LogP) is 6.76. The molecular formula is C26H32. The van der Waals surface area contributed by atoms with Crippen molar-refractivity contribution >= 4 is 0 Å². The molecule has 2 aliphatic rings. The Bertz CT molecular complexity index is 871. The summed E-state index contributed by atoms with van der Waals surface area (Å²) < 4.78 is 0. The first-order valence-electron chi connectivity index (χ1n) is 10.2. The summed E-state index contributed by atoms with van der Waals surface area (Å²) in [5.41, 5.74) is 9.43. The van der Waals surface area contributed by atoms with E-state index in [1.54, 1.807) is 5.56 Å². The Morgan fingerprint density at radius 3 is 1.81 bits per heavy atom. The minimum atomic E-state index is 0.107. The van der Waals surface area contributed by atoms with E-state index in [9.17, 15) is 0 Å². The van der Waals surface area contributed by atoms with Crippen molar-refractivity contribution in [3.63, 3.8) is 0 Å². The molecule has 2 aromatic rings. The Morgan fingerprint density at radius 1 is 0.769 bits per heavy atom. The number of hydrogen-bond acceptors (Lipinski definition) is 0. The van der Waals surface area contributed by atoms with Crippen LogP contribution in [-0.2, 0) is 22.7 Å². The van der Waals surface area contributed by atoms with Crippen LogP contribution in [0.3, 0.4) is 0 Å². The van der Waals surface area contributed by atoms with Crippen molar-refractivity contribution in [3.8, 4) is 0 Å². The summed E-state index contributed by atoms with van der Waals surface area (Å²) in [7, 11) is 0. The summed E-state index contributed by atoms with van der Waals surface area (Å²) in [6, 6.07) is 14.4. The van der Waals surface area contributed by atoms with Crippen molar-refractivity contribution in [1.82, 2.24) is 0 Å². The third-order valence-corrected chi connectivity index (χ3v) is 6.85. The first-order chi connectivity index (χ1) is 12.2. The van der Waals surface area contributed by atoms with Gasteiger partial charge in [-0.25, -0.2) is 0 Å². The minimum Gasteiger partial charge on any atom is -0.0776 e. The molecule has 0 atom stereocenters. The van der Waals surface area contributed by atoms with Crippen LogP contribution in [0.2, 0.25) is 0 Å². The van der Waals surface area contributed by atoms with E-state index in [0.29, 0.717) is 0 Å². The molecule has 0 nitrogen and oxygen atoms in total. The van der Waals surface area contributed by atoms with Crippen molar-refractivity contribution in [2.75, 3.05) is 0 Å². The Morgan fingerprint density at radius 2 is 1.31 bits per heavy atom. The zero-order chi connectivity index (χ0) is 18.7. The normalized spacial score (nSPS) is 21.3. The summed E-state index contributed by atoms with van der Waals surface area (Å²) in [6.07, 6.45) is 8.46. The lowest BCUT2D eigenvalue weighted by Crippen LogP contribution is -2.30. The second-order valence-corrected chi connectivity index (χ2v) is 9.62. The summed E-state index contributed by atoms with van der Waals surface area (Å²) in [5, 5.41) is 0. The third-order valence-electron chi connectivity index (χ3n) is 6.85. The lowest BCUT2D eigenvalue weighted by atomic mass is 9.66. The summed E-state index contributed by atoms with van der Waals surface area (Å²) in [4.78, 5) is 0. The number of rotatable bonds is 3. The molecule has 0 aliphatic heterocycles. The van der Waals surface area contributed by atoms with E-state index < -0.39 is 0 Å². The molecule has 0 aromatic heterocycles. The van der Waals surface area contributed by atoms with Crippen LogP contribution >= 0.6 is 0 Å². The zero-order valence-electron chi connectivity index (χ0n) is 17.2. The molecule has 0 heteroatoms. The molecule has 0 saturated heterocycles. The Kier molecular flexibility index (Phi) is 3.78. The van der Waals surface area contributed by atoms with Crippen LogP contribution in [0.25, 0.3) is 0 Å². The van der Waals surface area contributed by atoms with Crippen LogP contribution in [-0.4, -0.2) is 0 Å². The maximum atomic E-state index is 2.55. The molecule has 0 radical (unpaired) electrons. The van der Waals surface area contributed by atoms with Crippen LogP contribution in [0.4, 0.5) is 0 Å². The molecule has 1 saturated carbocycles. The van der Waals surface area contributed by atoms with Gasteiger partial charge in [-0.1, -0.05) is 83.2 Å². The standard InChI is InChI=1S/C26H32/c1-7-19-8-10-20(11-9-19)26(14-15-26)21-17-23-22(16-18(21)2)24(3,4)12-13-25(23,5)6/h8-13,16-17H,7,14-15H2,1-6H3. The van der Waals surface area contributed by atoms with Gasteiger partial charge in [0.1, 0.15) is 0 Å². The lowest BCUT2D eigenvalue weighted by Gasteiger charge is -2.38. The van der Waals surface area contributed by atoms with Gasteiger partial charge in [-0.3, -0.25) is 0 Å². The average Bonchev–Trinajstić information content (AvgIpc) is 3.40. The fourth-order valence-corrected chi connectivity index (χ4v) is 4.78. The van der Waals surface area contributed by atoms with Crippen LogP contribution in [0, 0.1) is 6.92 Å². The van der Waals surface area contributed by atoms with E-state index in [2.05, 4.69) is 90.1 Å². The first-order valence-corrected chi connectivity index (χ1v) is 10.2. The average molecular weight is 345 g/mol. The minimum absolute atomic E-state index is 0.107. The Labute approximate surface area is 159 Å².